The zero-order chi connectivity index (χ0) is 18.7. The zero-order valence-electron chi connectivity index (χ0n) is 14.3. The van der Waals surface area contributed by atoms with E-state index >= 15 is 0 Å². The largest absolute Gasteiger partial charge is 0.535 e. The highest BCUT2D eigenvalue weighted by Crippen LogP contribution is 2.37. The second-order valence-corrected chi connectivity index (χ2v) is 6.49. The molecular formula is C16H22BN3O6. The van der Waals surface area contributed by atoms with Gasteiger partial charge in [0.15, 0.2) is 0 Å². The second kappa shape index (κ2) is 7.94. The Morgan fingerprint density at radius 2 is 2.19 bits per heavy atom. The maximum atomic E-state index is 11.7. The van der Waals surface area contributed by atoms with Gasteiger partial charge in [-0.1, -0.05) is 6.07 Å². The van der Waals surface area contributed by atoms with Gasteiger partial charge in [-0.15, -0.1) is 0 Å². The molecule has 0 aromatic heterocycles. The van der Waals surface area contributed by atoms with Crippen molar-refractivity contribution in [3.63, 3.8) is 0 Å². The van der Waals surface area contributed by atoms with Crippen LogP contribution in [0.3, 0.4) is 0 Å². The molecule has 0 atom stereocenters. The van der Waals surface area contributed by atoms with Crippen LogP contribution in [0.2, 0.25) is 6.32 Å². The van der Waals surface area contributed by atoms with Crippen molar-refractivity contribution in [1.82, 2.24) is 10.2 Å². The lowest BCUT2D eigenvalue weighted by Crippen LogP contribution is -2.55. The van der Waals surface area contributed by atoms with E-state index in [1.165, 1.54) is 0 Å². The minimum atomic E-state index is -1.14. The third-order valence-corrected chi connectivity index (χ3v) is 4.45. The Hall–Kier alpha value is -2.30. The number of aryl methyl sites for hydroxylation is 1. The summed E-state index contributed by atoms with van der Waals surface area (Å²) in [6.07, 6.45) is 0.885. The number of amides is 1. The van der Waals surface area contributed by atoms with E-state index in [9.17, 15) is 19.7 Å². The first-order valence-corrected chi connectivity index (χ1v) is 8.56. The molecule has 1 saturated heterocycles. The van der Waals surface area contributed by atoms with E-state index in [0.717, 1.165) is 12.1 Å². The van der Waals surface area contributed by atoms with Crippen LogP contribution in [0.15, 0.2) is 12.1 Å². The highest BCUT2D eigenvalue weighted by Gasteiger charge is 2.33. The number of benzene rings is 1. The second-order valence-electron chi connectivity index (χ2n) is 6.49. The van der Waals surface area contributed by atoms with Crippen LogP contribution in [0.25, 0.3) is 0 Å². The van der Waals surface area contributed by atoms with Crippen LogP contribution in [0.4, 0.5) is 0 Å². The van der Waals surface area contributed by atoms with Crippen molar-refractivity contribution in [2.75, 3.05) is 32.7 Å². The first-order valence-electron chi connectivity index (χ1n) is 8.56. The number of carbonyl (C=O) groups is 2. The molecule has 1 aromatic rings. The van der Waals surface area contributed by atoms with E-state index in [4.69, 9.17) is 15.1 Å². The number of rotatable bonds is 8. The summed E-state index contributed by atoms with van der Waals surface area (Å²) in [6.45, 7) is 2.87. The summed E-state index contributed by atoms with van der Waals surface area (Å²) in [6, 6.07) is 3.44. The molecular weight excluding hydrogens is 341 g/mol. The van der Waals surface area contributed by atoms with Crippen LogP contribution in [-0.2, 0) is 11.2 Å². The molecule has 1 amide bonds. The summed E-state index contributed by atoms with van der Waals surface area (Å²) >= 11 is 0. The molecule has 0 bridgehead atoms. The molecule has 2 aliphatic rings. The fraction of sp³-hybridized carbons (Fsp3) is 0.500. The summed E-state index contributed by atoms with van der Waals surface area (Å²) in [5.41, 5.74) is 5.77. The van der Waals surface area contributed by atoms with Crippen molar-refractivity contribution in [3.8, 4) is 11.5 Å². The van der Waals surface area contributed by atoms with Crippen LogP contribution in [0, 0.1) is 0 Å². The fourth-order valence-corrected chi connectivity index (χ4v) is 3.12. The number of ether oxygens (including phenoxy) is 1. The number of hydrogen-bond acceptors (Lipinski definition) is 7. The van der Waals surface area contributed by atoms with E-state index in [1.807, 2.05) is 0 Å². The van der Waals surface area contributed by atoms with Crippen LogP contribution >= 0.6 is 0 Å². The lowest BCUT2D eigenvalue weighted by molar-refractivity contribution is -0.117. The van der Waals surface area contributed by atoms with E-state index in [0.29, 0.717) is 32.4 Å². The highest BCUT2D eigenvalue weighted by atomic mass is 16.5. The van der Waals surface area contributed by atoms with Crippen LogP contribution in [0.1, 0.15) is 15.9 Å². The molecule has 5 N–H and O–H groups in total. The molecule has 0 radical (unpaired) electrons. The van der Waals surface area contributed by atoms with E-state index in [-0.39, 0.29) is 29.7 Å². The summed E-state index contributed by atoms with van der Waals surface area (Å²) in [4.78, 5) is 24.5. The molecule has 0 aliphatic carbocycles. The number of carbonyl (C=O) groups excluding carboxylic acids is 1. The number of hydrogen-bond donors (Lipinski definition) is 4. The van der Waals surface area contributed by atoms with Crippen molar-refractivity contribution < 1.29 is 29.1 Å². The minimum absolute atomic E-state index is 0.0391. The lowest BCUT2D eigenvalue weighted by Gasteiger charge is -2.39. The van der Waals surface area contributed by atoms with Crippen LogP contribution in [0.5, 0.6) is 11.5 Å². The normalized spacial score (nSPS) is 17.2. The SMILES string of the molecule is NC(=O)CNCCN1CC(Oc2ccc3c(c2C(=O)O)OB(O)CC3)C1. The Bertz CT molecular complexity index is 695. The van der Waals surface area contributed by atoms with Crippen molar-refractivity contribution in [2.45, 2.75) is 18.8 Å². The number of aromatic carboxylic acids is 1. The third kappa shape index (κ3) is 4.27. The van der Waals surface area contributed by atoms with Crippen molar-refractivity contribution in [3.05, 3.63) is 23.3 Å². The van der Waals surface area contributed by atoms with Gasteiger partial charge < -0.3 is 30.6 Å². The lowest BCUT2D eigenvalue weighted by atomic mass is 9.78. The van der Waals surface area contributed by atoms with Crippen molar-refractivity contribution in [2.24, 2.45) is 5.73 Å². The average Bonchev–Trinajstić information content (AvgIpc) is 2.54. The fourth-order valence-electron chi connectivity index (χ4n) is 3.12. The monoisotopic (exact) mass is 363 g/mol. The Morgan fingerprint density at radius 1 is 1.42 bits per heavy atom. The molecule has 2 aliphatic heterocycles. The highest BCUT2D eigenvalue weighted by molar-refractivity contribution is 6.44. The summed E-state index contributed by atoms with van der Waals surface area (Å²) in [5, 5.41) is 22.2. The quantitative estimate of drug-likeness (QED) is 0.339. The van der Waals surface area contributed by atoms with Gasteiger partial charge in [-0.25, -0.2) is 4.79 Å². The Kier molecular flexibility index (Phi) is 5.65. The van der Waals surface area contributed by atoms with Gasteiger partial charge >= 0.3 is 13.1 Å². The van der Waals surface area contributed by atoms with Gasteiger partial charge in [-0.3, -0.25) is 9.69 Å². The summed E-state index contributed by atoms with van der Waals surface area (Å²) < 4.78 is 11.2. The number of fused-ring (bicyclic) bond motifs is 1. The zero-order valence-corrected chi connectivity index (χ0v) is 14.3. The predicted octanol–water partition coefficient (Wildman–Crippen LogP) is -1.06. The number of primary amides is 1. The maximum absolute atomic E-state index is 11.7. The first-order chi connectivity index (χ1) is 12.4. The molecule has 2 heterocycles. The van der Waals surface area contributed by atoms with Gasteiger partial charge in [0.1, 0.15) is 23.2 Å². The molecule has 0 unspecified atom stereocenters. The van der Waals surface area contributed by atoms with E-state index in [1.54, 1.807) is 12.1 Å². The molecule has 9 nitrogen and oxygen atoms in total. The molecule has 3 rings (SSSR count). The van der Waals surface area contributed by atoms with Crippen LogP contribution in [-0.4, -0.2) is 72.9 Å². The standard InChI is InChI=1S/C16H22BN3O6/c18-13(21)7-19-5-6-20-8-11(9-20)25-12-2-1-10-3-4-17(24)26-15(10)14(12)16(22)23/h1-2,11,19,24H,3-9H2,(H2,18,21)(H,22,23). The molecule has 1 fully saturated rings. The van der Waals surface area contributed by atoms with Gasteiger partial charge in [0, 0.05) is 26.2 Å². The topological polar surface area (TPSA) is 134 Å². The number of likely N-dealkylation sites (tertiary alicyclic amines) is 1. The number of nitrogens with zero attached hydrogens (tertiary/aromatic N) is 1. The first kappa shape index (κ1) is 18.5. The van der Waals surface area contributed by atoms with Gasteiger partial charge in [-0.05, 0) is 24.4 Å². The Morgan fingerprint density at radius 3 is 2.88 bits per heavy atom. The summed E-state index contributed by atoms with van der Waals surface area (Å²) in [7, 11) is -0.997. The summed E-state index contributed by atoms with van der Waals surface area (Å²) in [5.74, 6) is -1.09. The molecule has 1 aromatic carbocycles. The maximum Gasteiger partial charge on any atom is 0.522 e. The molecule has 140 valence electrons. The van der Waals surface area contributed by atoms with E-state index < -0.39 is 19.0 Å². The molecule has 10 heteroatoms. The number of carboxylic acids is 1. The van der Waals surface area contributed by atoms with Gasteiger partial charge in [0.25, 0.3) is 0 Å². The predicted molar refractivity (Wildman–Crippen MR) is 93.4 cm³/mol. The van der Waals surface area contributed by atoms with Gasteiger partial charge in [0.05, 0.1) is 6.54 Å². The molecule has 0 spiro atoms. The number of nitrogens with two attached hydrogens (primary N) is 1. The molecule has 0 saturated carbocycles. The average molecular weight is 363 g/mol. The van der Waals surface area contributed by atoms with Crippen LogP contribution < -0.4 is 20.4 Å². The molecule has 26 heavy (non-hydrogen) atoms. The number of nitrogens with one attached hydrogen (secondary N) is 1. The van der Waals surface area contributed by atoms with Gasteiger partial charge in [-0.2, -0.15) is 0 Å². The Labute approximate surface area is 151 Å². The smallest absolute Gasteiger partial charge is 0.522 e. The number of carboxylic acid groups (broad SMARTS) is 1. The van der Waals surface area contributed by atoms with Crippen molar-refractivity contribution >= 4 is 19.0 Å². The Balaban J connectivity index is 1.57. The van der Waals surface area contributed by atoms with Gasteiger partial charge in [0.2, 0.25) is 5.91 Å². The minimum Gasteiger partial charge on any atom is -0.535 e. The van der Waals surface area contributed by atoms with E-state index in [2.05, 4.69) is 10.2 Å². The van der Waals surface area contributed by atoms with Crippen molar-refractivity contribution in [1.29, 1.82) is 0 Å². The third-order valence-electron chi connectivity index (χ3n) is 4.45.